The van der Waals surface area contributed by atoms with E-state index in [1.165, 1.54) is 13.2 Å². The van der Waals surface area contributed by atoms with Gasteiger partial charge in [-0.25, -0.2) is 4.39 Å². The maximum absolute atomic E-state index is 14.2. The zero-order chi connectivity index (χ0) is 14.8. The van der Waals surface area contributed by atoms with E-state index in [2.05, 4.69) is 4.98 Å². The van der Waals surface area contributed by atoms with Crippen LogP contribution in [0.15, 0.2) is 54.9 Å². The highest BCUT2D eigenvalue weighted by Gasteiger charge is 2.20. The minimum Gasteiger partial charge on any atom is -0.496 e. The second-order valence-electron chi connectivity index (χ2n) is 4.78. The lowest BCUT2D eigenvalue weighted by Gasteiger charge is -2.18. The Morgan fingerprint density at radius 3 is 2.76 bits per heavy atom. The number of ether oxygens (including phenoxy) is 1. The topological polar surface area (TPSA) is 48.1 Å². The highest BCUT2D eigenvalue weighted by atomic mass is 19.1. The molecule has 106 valence electrons. The van der Waals surface area contributed by atoms with E-state index >= 15 is 0 Å². The zero-order valence-electron chi connectivity index (χ0n) is 11.6. The van der Waals surface area contributed by atoms with Gasteiger partial charge < -0.3 is 10.5 Å². The normalized spacial score (nSPS) is 12.3. The lowest BCUT2D eigenvalue weighted by Crippen LogP contribution is -2.15. The van der Waals surface area contributed by atoms with Crippen LogP contribution in [0.4, 0.5) is 4.39 Å². The largest absolute Gasteiger partial charge is 0.496 e. The fraction of sp³-hybridized carbons (Fsp3) is 0.118. The van der Waals surface area contributed by atoms with Crippen LogP contribution in [0.2, 0.25) is 0 Å². The van der Waals surface area contributed by atoms with Crippen molar-refractivity contribution in [1.82, 2.24) is 4.98 Å². The summed E-state index contributed by atoms with van der Waals surface area (Å²) in [4.78, 5) is 4.10. The fourth-order valence-electron chi connectivity index (χ4n) is 2.57. The summed E-state index contributed by atoms with van der Waals surface area (Å²) in [5.74, 6) is 0.0847. The number of hydrogen-bond acceptors (Lipinski definition) is 3. The van der Waals surface area contributed by atoms with Gasteiger partial charge in [-0.05, 0) is 29.1 Å². The average molecular weight is 282 g/mol. The van der Waals surface area contributed by atoms with E-state index < -0.39 is 6.04 Å². The highest BCUT2D eigenvalue weighted by Crippen LogP contribution is 2.33. The Labute approximate surface area is 122 Å². The van der Waals surface area contributed by atoms with Gasteiger partial charge in [0, 0.05) is 17.8 Å². The zero-order valence-corrected chi connectivity index (χ0v) is 11.6. The summed E-state index contributed by atoms with van der Waals surface area (Å²) in [5.41, 5.74) is 7.53. The first-order valence-corrected chi connectivity index (χ1v) is 6.63. The molecular weight excluding hydrogens is 267 g/mol. The van der Waals surface area contributed by atoms with E-state index in [1.807, 2.05) is 24.3 Å². The monoisotopic (exact) mass is 282 g/mol. The van der Waals surface area contributed by atoms with Crippen molar-refractivity contribution >= 4 is 10.8 Å². The van der Waals surface area contributed by atoms with Crippen LogP contribution in [0.1, 0.15) is 17.2 Å². The van der Waals surface area contributed by atoms with Crippen LogP contribution in [-0.2, 0) is 0 Å². The van der Waals surface area contributed by atoms with Gasteiger partial charge in [0.25, 0.3) is 0 Å². The molecule has 21 heavy (non-hydrogen) atoms. The van der Waals surface area contributed by atoms with E-state index in [-0.39, 0.29) is 5.82 Å². The number of fused-ring (bicyclic) bond motifs is 1. The van der Waals surface area contributed by atoms with Crippen LogP contribution in [-0.4, -0.2) is 12.1 Å². The van der Waals surface area contributed by atoms with E-state index in [9.17, 15) is 4.39 Å². The fourth-order valence-corrected chi connectivity index (χ4v) is 2.57. The van der Waals surface area contributed by atoms with Crippen molar-refractivity contribution in [2.24, 2.45) is 5.73 Å². The van der Waals surface area contributed by atoms with E-state index in [0.29, 0.717) is 11.3 Å². The first-order valence-electron chi connectivity index (χ1n) is 6.63. The van der Waals surface area contributed by atoms with Crippen molar-refractivity contribution in [1.29, 1.82) is 0 Å². The second-order valence-corrected chi connectivity index (χ2v) is 4.78. The Morgan fingerprint density at radius 1 is 1.14 bits per heavy atom. The lowest BCUT2D eigenvalue weighted by atomic mass is 9.94. The molecule has 3 nitrogen and oxygen atoms in total. The molecule has 1 unspecified atom stereocenters. The molecule has 0 saturated heterocycles. The van der Waals surface area contributed by atoms with Crippen LogP contribution in [0.5, 0.6) is 5.75 Å². The molecule has 4 heteroatoms. The number of halogens is 1. The lowest BCUT2D eigenvalue weighted by molar-refractivity contribution is 0.402. The molecule has 2 N–H and O–H groups in total. The summed E-state index contributed by atoms with van der Waals surface area (Å²) in [6.45, 7) is 0. The molecule has 0 radical (unpaired) electrons. The summed E-state index contributed by atoms with van der Waals surface area (Å²) in [5, 5.41) is 1.94. The molecule has 2 aromatic carbocycles. The van der Waals surface area contributed by atoms with Crippen molar-refractivity contribution < 1.29 is 9.13 Å². The Morgan fingerprint density at radius 2 is 1.95 bits per heavy atom. The molecular formula is C17H15FN2O. The number of hydrogen-bond donors (Lipinski definition) is 1. The molecule has 0 saturated carbocycles. The van der Waals surface area contributed by atoms with Crippen molar-refractivity contribution in [2.45, 2.75) is 6.04 Å². The van der Waals surface area contributed by atoms with Crippen molar-refractivity contribution in [3.05, 3.63) is 71.8 Å². The molecule has 1 aromatic heterocycles. The van der Waals surface area contributed by atoms with Gasteiger partial charge in [0.15, 0.2) is 0 Å². The molecule has 0 bridgehead atoms. The molecule has 0 aliphatic heterocycles. The predicted molar refractivity (Wildman–Crippen MR) is 80.7 cm³/mol. The van der Waals surface area contributed by atoms with Gasteiger partial charge in [-0.2, -0.15) is 0 Å². The standard InChI is InChI=1S/C17H15FN2O/c1-21-15-7-3-6-14(18)16(15)17(19)13-5-2-4-11-10-20-9-8-12(11)13/h2-10,17H,19H2,1H3. The summed E-state index contributed by atoms with van der Waals surface area (Å²) in [6.07, 6.45) is 3.47. The van der Waals surface area contributed by atoms with Gasteiger partial charge in [0.2, 0.25) is 0 Å². The maximum Gasteiger partial charge on any atom is 0.132 e. The Balaban J connectivity index is 2.20. The number of nitrogens with two attached hydrogens (primary N) is 1. The van der Waals surface area contributed by atoms with Crippen LogP contribution >= 0.6 is 0 Å². The Hall–Kier alpha value is -2.46. The van der Waals surface area contributed by atoms with Gasteiger partial charge in [-0.15, -0.1) is 0 Å². The van der Waals surface area contributed by atoms with E-state index in [1.54, 1.807) is 24.5 Å². The maximum atomic E-state index is 14.2. The third-order valence-corrected chi connectivity index (χ3v) is 3.59. The SMILES string of the molecule is COc1cccc(F)c1C(N)c1cccc2cnccc12. The quantitative estimate of drug-likeness (QED) is 0.800. The van der Waals surface area contributed by atoms with Crippen LogP contribution in [0.3, 0.4) is 0 Å². The number of benzene rings is 2. The number of rotatable bonds is 3. The molecule has 0 amide bonds. The van der Waals surface area contributed by atoms with E-state index in [0.717, 1.165) is 16.3 Å². The Bertz CT molecular complexity index is 783. The van der Waals surface area contributed by atoms with Crippen LogP contribution in [0, 0.1) is 5.82 Å². The van der Waals surface area contributed by atoms with Crippen LogP contribution in [0.25, 0.3) is 10.8 Å². The Kier molecular flexibility index (Phi) is 3.54. The number of nitrogens with zero attached hydrogens (tertiary/aromatic N) is 1. The van der Waals surface area contributed by atoms with Crippen molar-refractivity contribution in [3.8, 4) is 5.75 Å². The summed E-state index contributed by atoms with van der Waals surface area (Å²) >= 11 is 0. The van der Waals surface area contributed by atoms with Gasteiger partial charge in [-0.3, -0.25) is 4.98 Å². The second kappa shape index (κ2) is 5.50. The third kappa shape index (κ3) is 2.34. The van der Waals surface area contributed by atoms with Gasteiger partial charge in [-0.1, -0.05) is 24.3 Å². The van der Waals surface area contributed by atoms with Crippen LogP contribution < -0.4 is 10.5 Å². The van der Waals surface area contributed by atoms with E-state index in [4.69, 9.17) is 10.5 Å². The molecule has 1 atom stereocenters. The third-order valence-electron chi connectivity index (χ3n) is 3.59. The van der Waals surface area contributed by atoms with Gasteiger partial charge in [0.1, 0.15) is 11.6 Å². The highest BCUT2D eigenvalue weighted by molar-refractivity contribution is 5.85. The van der Waals surface area contributed by atoms with Crippen molar-refractivity contribution in [2.75, 3.05) is 7.11 Å². The molecule has 1 heterocycles. The molecule has 3 aromatic rings. The molecule has 0 fully saturated rings. The number of methoxy groups -OCH3 is 1. The molecule has 0 aliphatic carbocycles. The van der Waals surface area contributed by atoms with Crippen molar-refractivity contribution in [3.63, 3.8) is 0 Å². The smallest absolute Gasteiger partial charge is 0.132 e. The molecule has 0 aliphatic rings. The number of pyridine rings is 1. The van der Waals surface area contributed by atoms with Gasteiger partial charge >= 0.3 is 0 Å². The minimum atomic E-state index is -0.604. The summed E-state index contributed by atoms with van der Waals surface area (Å²) in [7, 11) is 1.51. The summed E-state index contributed by atoms with van der Waals surface area (Å²) in [6, 6.07) is 11.7. The molecule has 0 spiro atoms. The summed E-state index contributed by atoms with van der Waals surface area (Å²) < 4.78 is 19.4. The first kappa shape index (κ1) is 13.5. The predicted octanol–water partition coefficient (Wildman–Crippen LogP) is 3.43. The first-order chi connectivity index (χ1) is 10.2. The minimum absolute atomic E-state index is 0.365. The average Bonchev–Trinajstić information content (AvgIpc) is 2.53. The van der Waals surface area contributed by atoms with Gasteiger partial charge in [0.05, 0.1) is 18.7 Å². The molecule has 3 rings (SSSR count). The number of aromatic nitrogens is 1.